The first-order valence-corrected chi connectivity index (χ1v) is 4.76. The van der Waals surface area contributed by atoms with Gasteiger partial charge in [-0.15, -0.1) is 6.42 Å². The van der Waals surface area contributed by atoms with Crippen LogP contribution in [0.1, 0.15) is 12.8 Å². The van der Waals surface area contributed by atoms with Crippen molar-refractivity contribution in [2.24, 2.45) is 0 Å². The molecule has 0 unspecified atom stereocenters. The third kappa shape index (κ3) is 2.40. The fourth-order valence-electron chi connectivity index (χ4n) is 1.68. The van der Waals surface area contributed by atoms with Gasteiger partial charge in [-0.05, 0) is 12.8 Å². The van der Waals surface area contributed by atoms with Crippen LogP contribution in [-0.4, -0.2) is 53.1 Å². The second-order valence-corrected chi connectivity index (χ2v) is 3.53. The fraction of sp³-hybridized carbons (Fsp3) is 0.600. The predicted octanol–water partition coefficient (Wildman–Crippen LogP) is 0.220. The van der Waals surface area contributed by atoms with E-state index in [9.17, 15) is 9.59 Å². The molecule has 0 aliphatic carbocycles. The maximum atomic E-state index is 11.7. The zero-order valence-corrected chi connectivity index (χ0v) is 8.64. The van der Waals surface area contributed by atoms with Gasteiger partial charge in [-0.1, -0.05) is 5.92 Å². The lowest BCUT2D eigenvalue weighted by atomic mass is 10.2. The minimum atomic E-state index is -0.949. The molecule has 0 saturated carbocycles. The van der Waals surface area contributed by atoms with E-state index in [1.54, 1.807) is 7.05 Å². The third-order valence-electron chi connectivity index (χ3n) is 2.44. The fourth-order valence-corrected chi connectivity index (χ4v) is 1.68. The molecule has 0 aromatic carbocycles. The second-order valence-electron chi connectivity index (χ2n) is 3.53. The van der Waals surface area contributed by atoms with Gasteiger partial charge in [0.2, 0.25) is 0 Å². The number of nitrogens with zero attached hydrogens (tertiary/aromatic N) is 2. The molecule has 0 aromatic heterocycles. The van der Waals surface area contributed by atoms with Gasteiger partial charge in [0.25, 0.3) is 0 Å². The predicted molar refractivity (Wildman–Crippen MR) is 54.2 cm³/mol. The number of urea groups is 1. The van der Waals surface area contributed by atoms with Crippen molar-refractivity contribution in [2.75, 3.05) is 20.1 Å². The molecule has 1 atom stereocenters. The van der Waals surface area contributed by atoms with Crippen LogP contribution in [0.3, 0.4) is 0 Å². The van der Waals surface area contributed by atoms with Crippen molar-refractivity contribution in [3.05, 3.63) is 0 Å². The Morgan fingerprint density at radius 2 is 2.33 bits per heavy atom. The van der Waals surface area contributed by atoms with Crippen LogP contribution < -0.4 is 0 Å². The Balaban J connectivity index is 2.67. The third-order valence-corrected chi connectivity index (χ3v) is 2.44. The Labute approximate surface area is 88.7 Å². The van der Waals surface area contributed by atoms with Crippen LogP contribution in [0.4, 0.5) is 4.79 Å². The summed E-state index contributed by atoms with van der Waals surface area (Å²) in [5.74, 6) is 1.40. The molecule has 1 saturated heterocycles. The first kappa shape index (κ1) is 11.4. The Bertz CT molecular complexity index is 308. The van der Waals surface area contributed by atoms with Crippen LogP contribution in [0.5, 0.6) is 0 Å². The summed E-state index contributed by atoms with van der Waals surface area (Å²) in [6, 6.07) is -1.00. The highest BCUT2D eigenvalue weighted by atomic mass is 16.4. The monoisotopic (exact) mass is 210 g/mol. The molecular formula is C10H14N2O3. The minimum Gasteiger partial charge on any atom is -0.480 e. The van der Waals surface area contributed by atoms with Crippen molar-refractivity contribution < 1.29 is 14.7 Å². The number of hydrogen-bond acceptors (Lipinski definition) is 2. The largest absolute Gasteiger partial charge is 0.480 e. The molecule has 1 heterocycles. The van der Waals surface area contributed by atoms with Crippen LogP contribution in [-0.2, 0) is 4.79 Å². The van der Waals surface area contributed by atoms with Crippen molar-refractivity contribution in [1.29, 1.82) is 0 Å². The summed E-state index contributed by atoms with van der Waals surface area (Å²) >= 11 is 0. The lowest BCUT2D eigenvalue weighted by Gasteiger charge is -2.26. The highest BCUT2D eigenvalue weighted by Gasteiger charge is 2.35. The molecular weight excluding hydrogens is 196 g/mol. The zero-order valence-electron chi connectivity index (χ0n) is 8.64. The molecule has 0 bridgehead atoms. The Morgan fingerprint density at radius 3 is 2.87 bits per heavy atom. The van der Waals surface area contributed by atoms with Gasteiger partial charge in [0.1, 0.15) is 6.04 Å². The van der Waals surface area contributed by atoms with Crippen molar-refractivity contribution >= 4 is 12.0 Å². The van der Waals surface area contributed by atoms with Crippen LogP contribution >= 0.6 is 0 Å². The highest BCUT2D eigenvalue weighted by Crippen LogP contribution is 2.18. The van der Waals surface area contributed by atoms with Crippen LogP contribution in [0, 0.1) is 12.3 Å². The van der Waals surface area contributed by atoms with Crippen molar-refractivity contribution in [1.82, 2.24) is 9.80 Å². The Hall–Kier alpha value is -1.70. The molecule has 0 radical (unpaired) electrons. The summed E-state index contributed by atoms with van der Waals surface area (Å²) in [5, 5.41) is 8.89. The summed E-state index contributed by atoms with van der Waals surface area (Å²) in [5.41, 5.74) is 0. The van der Waals surface area contributed by atoms with Gasteiger partial charge in [0.15, 0.2) is 0 Å². The molecule has 5 heteroatoms. The SMILES string of the molecule is C#CCN(C)C(=O)N1CCC[C@H]1C(=O)O. The number of terminal acetylenes is 1. The van der Waals surface area contributed by atoms with E-state index >= 15 is 0 Å². The molecule has 2 amide bonds. The Morgan fingerprint density at radius 1 is 1.67 bits per heavy atom. The highest BCUT2D eigenvalue weighted by molar-refractivity contribution is 5.83. The number of carbonyl (C=O) groups excluding carboxylic acids is 1. The average molecular weight is 210 g/mol. The average Bonchev–Trinajstić information content (AvgIpc) is 2.65. The van der Waals surface area contributed by atoms with Gasteiger partial charge in [0, 0.05) is 13.6 Å². The van der Waals surface area contributed by atoms with Crippen molar-refractivity contribution in [3.8, 4) is 12.3 Å². The van der Waals surface area contributed by atoms with Gasteiger partial charge >= 0.3 is 12.0 Å². The molecule has 5 nitrogen and oxygen atoms in total. The Kier molecular flexibility index (Phi) is 3.56. The smallest absolute Gasteiger partial charge is 0.326 e. The molecule has 1 aliphatic heterocycles. The number of carboxylic acids is 1. The maximum Gasteiger partial charge on any atom is 0.326 e. The maximum absolute atomic E-state index is 11.7. The van der Waals surface area contributed by atoms with E-state index < -0.39 is 12.0 Å². The number of likely N-dealkylation sites (tertiary alicyclic amines) is 1. The lowest BCUT2D eigenvalue weighted by molar-refractivity contribution is -0.141. The minimum absolute atomic E-state index is 0.196. The first-order chi connectivity index (χ1) is 7.07. The van der Waals surface area contributed by atoms with Gasteiger partial charge in [-0.25, -0.2) is 9.59 Å². The van der Waals surface area contributed by atoms with Crippen LogP contribution in [0.15, 0.2) is 0 Å². The van der Waals surface area contributed by atoms with Crippen molar-refractivity contribution in [3.63, 3.8) is 0 Å². The number of aliphatic carboxylic acids is 1. The molecule has 1 fully saturated rings. The number of carbonyl (C=O) groups is 2. The number of carboxylic acid groups (broad SMARTS) is 1. The summed E-state index contributed by atoms with van der Waals surface area (Å²) in [7, 11) is 1.57. The quantitative estimate of drug-likeness (QED) is 0.663. The standard InChI is InChI=1S/C10H14N2O3/c1-3-6-11(2)10(15)12-7-4-5-8(12)9(13)14/h1,8H,4-7H2,2H3,(H,13,14)/t8-/m0/s1. The van der Waals surface area contributed by atoms with Crippen LogP contribution in [0.25, 0.3) is 0 Å². The second kappa shape index (κ2) is 4.69. The van der Waals surface area contributed by atoms with Crippen molar-refractivity contribution in [2.45, 2.75) is 18.9 Å². The van der Waals surface area contributed by atoms with E-state index in [1.807, 2.05) is 0 Å². The zero-order chi connectivity index (χ0) is 11.4. The van der Waals surface area contributed by atoms with E-state index in [4.69, 9.17) is 11.5 Å². The van der Waals surface area contributed by atoms with E-state index in [1.165, 1.54) is 9.80 Å². The van der Waals surface area contributed by atoms with E-state index in [0.29, 0.717) is 13.0 Å². The van der Waals surface area contributed by atoms with Gasteiger partial charge in [-0.2, -0.15) is 0 Å². The molecule has 0 aromatic rings. The summed E-state index contributed by atoms with van der Waals surface area (Å²) < 4.78 is 0. The number of amides is 2. The summed E-state index contributed by atoms with van der Waals surface area (Å²) in [6.45, 7) is 0.687. The summed E-state index contributed by atoms with van der Waals surface area (Å²) in [6.07, 6.45) is 6.33. The van der Waals surface area contributed by atoms with Gasteiger partial charge < -0.3 is 14.9 Å². The molecule has 0 spiro atoms. The van der Waals surface area contributed by atoms with Gasteiger partial charge in [-0.3, -0.25) is 0 Å². The molecule has 1 N–H and O–H groups in total. The van der Waals surface area contributed by atoms with Crippen LogP contribution in [0.2, 0.25) is 0 Å². The molecule has 1 rings (SSSR count). The van der Waals surface area contributed by atoms with E-state index in [0.717, 1.165) is 6.42 Å². The molecule has 82 valence electrons. The normalized spacial score (nSPS) is 19.7. The van der Waals surface area contributed by atoms with E-state index in [2.05, 4.69) is 5.92 Å². The molecule has 15 heavy (non-hydrogen) atoms. The number of rotatable bonds is 2. The number of hydrogen-bond donors (Lipinski definition) is 1. The van der Waals surface area contributed by atoms with Gasteiger partial charge in [0.05, 0.1) is 6.54 Å². The topological polar surface area (TPSA) is 60.9 Å². The first-order valence-electron chi connectivity index (χ1n) is 4.76. The lowest BCUT2D eigenvalue weighted by Crippen LogP contribution is -2.46. The summed E-state index contributed by atoms with van der Waals surface area (Å²) in [4.78, 5) is 25.3. The molecule has 1 aliphatic rings. The van der Waals surface area contributed by atoms with E-state index in [-0.39, 0.29) is 12.6 Å².